The SMILES string of the molecule is CCOc1ccc(Cl)c(/C(O)=C2\C(=O)C(=O)N(CCCOC)C2c2cccc(C)c2)c1. The number of likely N-dealkylation sites (tertiary alicyclic amines) is 1. The molecule has 1 heterocycles. The lowest BCUT2D eigenvalue weighted by Gasteiger charge is -2.25. The van der Waals surface area contributed by atoms with E-state index in [0.29, 0.717) is 31.9 Å². The van der Waals surface area contributed by atoms with Crippen LogP contribution in [0.4, 0.5) is 0 Å². The number of carbonyl (C=O) groups excluding carboxylic acids is 2. The second-order valence-electron chi connectivity index (χ2n) is 7.33. The maximum Gasteiger partial charge on any atom is 0.295 e. The number of benzene rings is 2. The number of rotatable bonds is 8. The zero-order valence-electron chi connectivity index (χ0n) is 17.9. The summed E-state index contributed by atoms with van der Waals surface area (Å²) in [6.45, 7) is 4.99. The van der Waals surface area contributed by atoms with Gasteiger partial charge in [-0.05, 0) is 44.0 Å². The zero-order valence-corrected chi connectivity index (χ0v) is 18.6. The third kappa shape index (κ3) is 4.75. The molecule has 7 heteroatoms. The molecule has 1 aliphatic heterocycles. The highest BCUT2D eigenvalue weighted by Crippen LogP contribution is 2.41. The summed E-state index contributed by atoms with van der Waals surface area (Å²) in [6, 6.07) is 11.7. The van der Waals surface area contributed by atoms with Gasteiger partial charge in [-0.1, -0.05) is 41.4 Å². The monoisotopic (exact) mass is 443 g/mol. The average Bonchev–Trinajstić information content (AvgIpc) is 3.00. The fraction of sp³-hybridized carbons (Fsp3) is 0.333. The molecule has 1 fully saturated rings. The Balaban J connectivity index is 2.16. The summed E-state index contributed by atoms with van der Waals surface area (Å²) in [4.78, 5) is 27.4. The molecule has 1 unspecified atom stereocenters. The number of hydrogen-bond donors (Lipinski definition) is 1. The number of aryl methyl sites for hydroxylation is 1. The molecule has 2 aromatic rings. The van der Waals surface area contributed by atoms with Gasteiger partial charge in [-0.25, -0.2) is 0 Å². The summed E-state index contributed by atoms with van der Waals surface area (Å²) in [7, 11) is 1.58. The van der Waals surface area contributed by atoms with Crippen LogP contribution in [0.25, 0.3) is 5.76 Å². The summed E-state index contributed by atoms with van der Waals surface area (Å²) in [5.41, 5.74) is 2.00. The molecule has 3 rings (SSSR count). The lowest BCUT2D eigenvalue weighted by molar-refractivity contribution is -0.140. The van der Waals surface area contributed by atoms with Crippen LogP contribution in [0, 0.1) is 6.92 Å². The second kappa shape index (κ2) is 9.98. The Bertz CT molecular complexity index is 1020. The molecular formula is C24H26ClNO5. The van der Waals surface area contributed by atoms with Crippen LogP contribution in [0.15, 0.2) is 48.0 Å². The molecular weight excluding hydrogens is 418 g/mol. The van der Waals surface area contributed by atoms with E-state index in [4.69, 9.17) is 21.1 Å². The third-order valence-electron chi connectivity index (χ3n) is 5.15. The highest BCUT2D eigenvalue weighted by atomic mass is 35.5. The fourth-order valence-corrected chi connectivity index (χ4v) is 3.97. The fourth-order valence-electron chi connectivity index (χ4n) is 3.76. The normalized spacial score (nSPS) is 17.9. The quantitative estimate of drug-likeness (QED) is 0.281. The van der Waals surface area contributed by atoms with Crippen molar-refractivity contribution >= 4 is 29.1 Å². The van der Waals surface area contributed by atoms with Gasteiger partial charge >= 0.3 is 0 Å². The largest absolute Gasteiger partial charge is 0.507 e. The van der Waals surface area contributed by atoms with E-state index in [1.165, 1.54) is 4.90 Å². The minimum atomic E-state index is -0.737. The summed E-state index contributed by atoms with van der Waals surface area (Å²) in [5.74, 6) is -1.19. The number of halogens is 1. The van der Waals surface area contributed by atoms with Gasteiger partial charge in [0.1, 0.15) is 11.5 Å². The predicted molar refractivity (Wildman–Crippen MR) is 119 cm³/mol. The van der Waals surface area contributed by atoms with E-state index in [0.717, 1.165) is 11.1 Å². The molecule has 0 spiro atoms. The average molecular weight is 444 g/mol. The van der Waals surface area contributed by atoms with E-state index in [9.17, 15) is 14.7 Å². The first-order chi connectivity index (χ1) is 14.9. The number of ketones is 1. The van der Waals surface area contributed by atoms with Crippen molar-refractivity contribution in [1.82, 2.24) is 4.90 Å². The van der Waals surface area contributed by atoms with E-state index in [1.54, 1.807) is 25.3 Å². The molecule has 0 radical (unpaired) electrons. The van der Waals surface area contributed by atoms with Crippen molar-refractivity contribution in [1.29, 1.82) is 0 Å². The van der Waals surface area contributed by atoms with Gasteiger partial charge in [0.15, 0.2) is 0 Å². The molecule has 2 aromatic carbocycles. The summed E-state index contributed by atoms with van der Waals surface area (Å²) in [6.07, 6.45) is 0.562. The van der Waals surface area contributed by atoms with Crippen LogP contribution >= 0.6 is 11.6 Å². The Morgan fingerprint density at radius 3 is 2.65 bits per heavy atom. The molecule has 0 bridgehead atoms. The number of aliphatic hydroxyl groups is 1. The maximum atomic E-state index is 13.0. The van der Waals surface area contributed by atoms with Gasteiger partial charge in [0, 0.05) is 25.8 Å². The van der Waals surface area contributed by atoms with Crippen LogP contribution in [-0.4, -0.2) is 48.6 Å². The summed E-state index contributed by atoms with van der Waals surface area (Å²) < 4.78 is 10.6. The Hall–Kier alpha value is -2.83. The van der Waals surface area contributed by atoms with Gasteiger partial charge < -0.3 is 19.5 Å². The van der Waals surface area contributed by atoms with E-state index in [2.05, 4.69) is 0 Å². The van der Waals surface area contributed by atoms with Crippen LogP contribution in [0.2, 0.25) is 5.02 Å². The highest BCUT2D eigenvalue weighted by molar-refractivity contribution is 6.47. The van der Waals surface area contributed by atoms with Crippen molar-refractivity contribution in [2.24, 2.45) is 0 Å². The number of methoxy groups -OCH3 is 1. The molecule has 1 amide bonds. The smallest absolute Gasteiger partial charge is 0.295 e. The minimum absolute atomic E-state index is 0.0172. The Morgan fingerprint density at radius 1 is 1.19 bits per heavy atom. The highest BCUT2D eigenvalue weighted by Gasteiger charge is 2.46. The Labute approximate surface area is 187 Å². The Morgan fingerprint density at radius 2 is 1.97 bits per heavy atom. The molecule has 0 saturated carbocycles. The topological polar surface area (TPSA) is 76.1 Å². The molecule has 1 atom stereocenters. The van der Waals surface area contributed by atoms with Gasteiger partial charge in [0.05, 0.1) is 23.2 Å². The van der Waals surface area contributed by atoms with Crippen molar-refractivity contribution in [3.8, 4) is 5.75 Å². The number of carbonyl (C=O) groups is 2. The first-order valence-electron chi connectivity index (χ1n) is 10.2. The molecule has 1 saturated heterocycles. The number of Topliss-reactive ketones (excluding diaryl/α,β-unsaturated/α-hetero) is 1. The van der Waals surface area contributed by atoms with E-state index in [-0.39, 0.29) is 21.9 Å². The predicted octanol–water partition coefficient (Wildman–Crippen LogP) is 4.51. The van der Waals surface area contributed by atoms with Crippen LogP contribution < -0.4 is 4.74 Å². The number of aliphatic hydroxyl groups excluding tert-OH is 1. The molecule has 1 N–H and O–H groups in total. The molecule has 164 valence electrons. The molecule has 6 nitrogen and oxygen atoms in total. The molecule has 0 aromatic heterocycles. The minimum Gasteiger partial charge on any atom is -0.507 e. The number of hydrogen-bond acceptors (Lipinski definition) is 5. The number of amides is 1. The van der Waals surface area contributed by atoms with E-state index >= 15 is 0 Å². The van der Waals surface area contributed by atoms with Gasteiger partial charge in [-0.15, -0.1) is 0 Å². The lowest BCUT2D eigenvalue weighted by atomic mass is 9.94. The first kappa shape index (κ1) is 22.8. The van der Waals surface area contributed by atoms with Crippen LogP contribution in [0.1, 0.15) is 36.1 Å². The van der Waals surface area contributed by atoms with E-state index in [1.807, 2.05) is 38.1 Å². The third-order valence-corrected chi connectivity index (χ3v) is 5.48. The summed E-state index contributed by atoms with van der Waals surface area (Å²) in [5, 5.41) is 11.4. The maximum absolute atomic E-state index is 13.0. The van der Waals surface area contributed by atoms with Crippen LogP contribution in [-0.2, 0) is 14.3 Å². The van der Waals surface area contributed by atoms with Crippen molar-refractivity contribution < 1.29 is 24.2 Å². The second-order valence-corrected chi connectivity index (χ2v) is 7.73. The zero-order chi connectivity index (χ0) is 22.5. The lowest BCUT2D eigenvalue weighted by Crippen LogP contribution is -2.31. The molecule has 1 aliphatic rings. The van der Waals surface area contributed by atoms with Crippen molar-refractivity contribution in [3.05, 3.63) is 69.8 Å². The van der Waals surface area contributed by atoms with Gasteiger partial charge in [-0.3, -0.25) is 9.59 Å². The molecule has 0 aliphatic carbocycles. The van der Waals surface area contributed by atoms with E-state index < -0.39 is 17.7 Å². The van der Waals surface area contributed by atoms with Crippen molar-refractivity contribution in [2.75, 3.05) is 26.9 Å². The van der Waals surface area contributed by atoms with Crippen molar-refractivity contribution in [3.63, 3.8) is 0 Å². The van der Waals surface area contributed by atoms with Crippen LogP contribution in [0.5, 0.6) is 5.75 Å². The number of nitrogens with zero attached hydrogens (tertiary/aromatic N) is 1. The van der Waals surface area contributed by atoms with Gasteiger partial charge in [-0.2, -0.15) is 0 Å². The van der Waals surface area contributed by atoms with Gasteiger partial charge in [0.2, 0.25) is 0 Å². The first-order valence-corrected chi connectivity index (χ1v) is 10.5. The standard InChI is InChI=1S/C24H26ClNO5/c1-4-31-17-9-10-19(25)18(14-17)22(27)20-21(16-8-5-7-15(2)13-16)26(11-6-12-30-3)24(29)23(20)28/h5,7-10,13-14,21,27H,4,6,11-12H2,1-3H3/b22-20+. The molecule has 31 heavy (non-hydrogen) atoms. The summed E-state index contributed by atoms with van der Waals surface area (Å²) >= 11 is 6.34. The van der Waals surface area contributed by atoms with Crippen LogP contribution in [0.3, 0.4) is 0 Å². The van der Waals surface area contributed by atoms with Gasteiger partial charge in [0.25, 0.3) is 11.7 Å². The Kier molecular flexibility index (Phi) is 7.36. The number of ether oxygens (including phenoxy) is 2. The van der Waals surface area contributed by atoms with Crippen molar-refractivity contribution in [2.45, 2.75) is 26.3 Å².